The summed E-state index contributed by atoms with van der Waals surface area (Å²) >= 11 is 0. The number of nitriles is 1. The lowest BCUT2D eigenvalue weighted by Crippen LogP contribution is -2.37. The monoisotopic (exact) mass is 634 g/mol. The Balaban J connectivity index is 1.64. The van der Waals surface area contributed by atoms with Crippen molar-refractivity contribution in [2.24, 2.45) is 11.3 Å². The van der Waals surface area contributed by atoms with Gasteiger partial charge in [-0.25, -0.2) is 4.39 Å². The number of carbonyl (C=O) groups is 3. The predicted molar refractivity (Wildman–Crippen MR) is 164 cm³/mol. The summed E-state index contributed by atoms with van der Waals surface area (Å²) in [5, 5.41) is 15.0. The summed E-state index contributed by atoms with van der Waals surface area (Å²) in [5.74, 6) is -1.94. The smallest absolute Gasteiger partial charge is 0.264 e. The van der Waals surface area contributed by atoms with Crippen molar-refractivity contribution >= 4 is 18.2 Å². The number of rotatable bonds is 22. The summed E-state index contributed by atoms with van der Waals surface area (Å²) in [6.45, 7) is 10.9. The van der Waals surface area contributed by atoms with Gasteiger partial charge in [-0.15, -0.1) is 0 Å². The molecule has 1 fully saturated rings. The van der Waals surface area contributed by atoms with Gasteiger partial charge in [0.2, 0.25) is 12.3 Å². The van der Waals surface area contributed by atoms with Crippen LogP contribution in [0, 0.1) is 28.5 Å². The maximum atomic E-state index is 13.6. The van der Waals surface area contributed by atoms with Gasteiger partial charge in [0.25, 0.3) is 5.91 Å². The lowest BCUT2D eigenvalue weighted by Gasteiger charge is -2.18. The fraction of sp³-hybridized carbons (Fsp3) is 0.625. The van der Waals surface area contributed by atoms with Crippen LogP contribution in [0.2, 0.25) is 0 Å². The van der Waals surface area contributed by atoms with Gasteiger partial charge in [0.1, 0.15) is 17.5 Å². The second-order valence-electron chi connectivity index (χ2n) is 11.4. The van der Waals surface area contributed by atoms with Crippen LogP contribution in [0.15, 0.2) is 35.9 Å². The number of halogens is 1. The lowest BCUT2D eigenvalue weighted by atomic mass is 9.88. The van der Waals surface area contributed by atoms with E-state index in [0.717, 1.165) is 5.56 Å². The molecule has 0 bridgehead atoms. The molecule has 250 valence electrons. The van der Waals surface area contributed by atoms with Crippen molar-refractivity contribution in [2.75, 3.05) is 92.2 Å². The first-order valence-corrected chi connectivity index (χ1v) is 15.2. The zero-order valence-electron chi connectivity index (χ0n) is 26.6. The van der Waals surface area contributed by atoms with Gasteiger partial charge in [-0.2, -0.15) is 5.26 Å². The molecule has 0 unspecified atom stereocenters. The van der Waals surface area contributed by atoms with E-state index in [1.54, 1.807) is 18.2 Å². The predicted octanol–water partition coefficient (Wildman–Crippen LogP) is 1.81. The van der Waals surface area contributed by atoms with Crippen molar-refractivity contribution in [3.8, 4) is 6.07 Å². The van der Waals surface area contributed by atoms with Gasteiger partial charge in [-0.1, -0.05) is 39.0 Å². The maximum absolute atomic E-state index is 13.6. The zero-order chi connectivity index (χ0) is 32.9. The van der Waals surface area contributed by atoms with Gasteiger partial charge in [0.15, 0.2) is 0 Å². The molecule has 12 nitrogen and oxygen atoms in total. The SMILES string of the molecule is CC(C)(C)/C=C(\C#N)C(=O)N1C[C@@H](C(=O)NCCOCCOCCOCCOCCOCCNC=O)[C@H](c2ccc(F)cc2)C1. The molecule has 0 aromatic heterocycles. The Hall–Kier alpha value is -3.41. The average Bonchev–Trinajstić information content (AvgIpc) is 3.46. The number of hydrogen-bond acceptors (Lipinski definition) is 9. The third-order valence-electron chi connectivity index (χ3n) is 6.68. The van der Waals surface area contributed by atoms with Crippen LogP contribution in [0.25, 0.3) is 0 Å². The Labute approximate surface area is 265 Å². The lowest BCUT2D eigenvalue weighted by molar-refractivity contribution is -0.127. The maximum Gasteiger partial charge on any atom is 0.264 e. The number of hydrogen-bond donors (Lipinski definition) is 2. The molecule has 1 saturated heterocycles. The number of ether oxygens (including phenoxy) is 5. The van der Waals surface area contributed by atoms with Gasteiger partial charge < -0.3 is 39.2 Å². The van der Waals surface area contributed by atoms with Crippen molar-refractivity contribution < 1.29 is 42.5 Å². The highest BCUT2D eigenvalue weighted by atomic mass is 19.1. The second-order valence-corrected chi connectivity index (χ2v) is 11.4. The van der Waals surface area contributed by atoms with Crippen molar-refractivity contribution in [3.05, 3.63) is 47.3 Å². The third-order valence-corrected chi connectivity index (χ3v) is 6.68. The van der Waals surface area contributed by atoms with E-state index in [0.29, 0.717) is 72.4 Å². The summed E-state index contributed by atoms with van der Waals surface area (Å²) in [4.78, 5) is 38.0. The number of allylic oxidation sites excluding steroid dienone is 1. The van der Waals surface area contributed by atoms with E-state index in [4.69, 9.17) is 23.7 Å². The van der Waals surface area contributed by atoms with Crippen molar-refractivity contribution in [3.63, 3.8) is 0 Å². The molecule has 0 aliphatic carbocycles. The normalized spacial score (nSPS) is 16.8. The molecule has 2 atom stereocenters. The molecule has 0 radical (unpaired) electrons. The van der Waals surface area contributed by atoms with Crippen LogP contribution in [-0.2, 0) is 38.1 Å². The van der Waals surface area contributed by atoms with E-state index in [1.807, 2.05) is 26.8 Å². The summed E-state index contributed by atoms with van der Waals surface area (Å²) in [5.41, 5.74) is 0.426. The minimum Gasteiger partial charge on any atom is -0.377 e. The van der Waals surface area contributed by atoms with E-state index < -0.39 is 11.8 Å². The Kier molecular flexibility index (Phi) is 17.9. The van der Waals surface area contributed by atoms with E-state index in [9.17, 15) is 24.0 Å². The Morgan fingerprint density at radius 2 is 1.40 bits per heavy atom. The van der Waals surface area contributed by atoms with Gasteiger partial charge in [-0.05, 0) is 23.1 Å². The van der Waals surface area contributed by atoms with Crippen LogP contribution in [0.1, 0.15) is 32.3 Å². The van der Waals surface area contributed by atoms with Crippen molar-refractivity contribution in [1.29, 1.82) is 5.26 Å². The molecule has 1 aromatic carbocycles. The van der Waals surface area contributed by atoms with E-state index in [2.05, 4.69) is 10.6 Å². The molecule has 2 N–H and O–H groups in total. The van der Waals surface area contributed by atoms with Gasteiger partial charge in [0, 0.05) is 32.1 Å². The van der Waals surface area contributed by atoms with Gasteiger partial charge in [0.05, 0.1) is 72.0 Å². The first-order valence-electron chi connectivity index (χ1n) is 15.2. The van der Waals surface area contributed by atoms with Crippen LogP contribution in [0.4, 0.5) is 4.39 Å². The highest BCUT2D eigenvalue weighted by molar-refractivity contribution is 5.98. The quantitative estimate of drug-likeness (QED) is 0.0843. The minimum atomic E-state index is -0.562. The summed E-state index contributed by atoms with van der Waals surface area (Å²) < 4.78 is 40.7. The molecule has 1 aliphatic heterocycles. The van der Waals surface area contributed by atoms with Crippen LogP contribution >= 0.6 is 0 Å². The van der Waals surface area contributed by atoms with E-state index >= 15 is 0 Å². The molecule has 0 spiro atoms. The fourth-order valence-corrected chi connectivity index (χ4v) is 4.58. The van der Waals surface area contributed by atoms with Crippen LogP contribution in [0.5, 0.6) is 0 Å². The first-order chi connectivity index (χ1) is 21.7. The molecule has 0 saturated carbocycles. The highest BCUT2D eigenvalue weighted by Crippen LogP contribution is 2.34. The van der Waals surface area contributed by atoms with E-state index in [-0.39, 0.29) is 54.9 Å². The molecule has 3 amide bonds. The summed E-state index contributed by atoms with van der Waals surface area (Å²) in [6, 6.07) is 7.93. The molecule has 1 aromatic rings. The number of likely N-dealkylation sites (tertiary alicyclic amines) is 1. The minimum absolute atomic E-state index is 0.0389. The molecule has 45 heavy (non-hydrogen) atoms. The van der Waals surface area contributed by atoms with Crippen LogP contribution < -0.4 is 10.6 Å². The molecular weight excluding hydrogens is 587 g/mol. The van der Waals surface area contributed by atoms with Crippen LogP contribution in [0.3, 0.4) is 0 Å². The van der Waals surface area contributed by atoms with Crippen molar-refractivity contribution in [1.82, 2.24) is 15.5 Å². The average molecular weight is 635 g/mol. The molecular formula is C32H47FN4O8. The fourth-order valence-electron chi connectivity index (χ4n) is 4.58. The second kappa shape index (κ2) is 21.3. The number of amides is 3. The number of nitrogens with zero attached hydrogens (tertiary/aromatic N) is 2. The topological polar surface area (TPSA) is 148 Å². The van der Waals surface area contributed by atoms with Crippen molar-refractivity contribution in [2.45, 2.75) is 26.7 Å². The Bertz CT molecular complexity index is 1100. The number of benzene rings is 1. The molecule has 13 heteroatoms. The number of nitrogens with one attached hydrogen (secondary N) is 2. The standard InChI is InChI=1S/C32H47FN4O8/c1-32(2,3)20-26(21-34)31(40)37-22-28(25-4-6-27(33)7-5-25)29(23-37)30(39)36-9-11-42-13-15-44-17-19-45-18-16-43-14-12-41-10-8-35-24-38/h4-7,20,24,28-29H,8-19,22-23H2,1-3H3,(H,35,38)(H,36,39)/b26-20+/t28-,29+/m0/s1. The highest BCUT2D eigenvalue weighted by Gasteiger charge is 2.41. The van der Waals surface area contributed by atoms with Crippen LogP contribution in [-0.4, -0.2) is 115 Å². The van der Waals surface area contributed by atoms with Gasteiger partial charge >= 0.3 is 0 Å². The third kappa shape index (κ3) is 15.4. The Morgan fingerprint density at radius 3 is 1.89 bits per heavy atom. The Morgan fingerprint density at radius 1 is 0.889 bits per heavy atom. The largest absolute Gasteiger partial charge is 0.377 e. The summed E-state index contributed by atoms with van der Waals surface area (Å²) in [7, 11) is 0. The summed E-state index contributed by atoms with van der Waals surface area (Å²) in [6.07, 6.45) is 2.27. The van der Waals surface area contributed by atoms with Gasteiger partial charge in [-0.3, -0.25) is 14.4 Å². The number of carbonyl (C=O) groups excluding carboxylic acids is 3. The molecule has 2 rings (SSSR count). The first kappa shape index (κ1) is 37.8. The van der Waals surface area contributed by atoms with E-state index in [1.165, 1.54) is 17.0 Å². The molecule has 1 aliphatic rings. The molecule has 1 heterocycles. The zero-order valence-corrected chi connectivity index (χ0v) is 26.6.